The lowest BCUT2D eigenvalue weighted by molar-refractivity contribution is -0.142. The summed E-state index contributed by atoms with van der Waals surface area (Å²) in [4.78, 5) is 3.59. The van der Waals surface area contributed by atoms with Crippen molar-refractivity contribution in [3.63, 3.8) is 0 Å². The maximum absolute atomic E-state index is 13.6. The molecular formula is C23H22F3NO3. The maximum Gasteiger partial charge on any atom is 0.433 e. The highest BCUT2D eigenvalue weighted by molar-refractivity contribution is 5.44. The highest BCUT2D eigenvalue weighted by Gasteiger charge is 2.38. The van der Waals surface area contributed by atoms with E-state index in [2.05, 4.69) is 4.98 Å². The number of aromatic nitrogens is 1. The van der Waals surface area contributed by atoms with E-state index in [-0.39, 0.29) is 49.0 Å². The highest BCUT2D eigenvalue weighted by Crippen LogP contribution is 2.37. The molecule has 0 radical (unpaired) electrons. The first-order valence-electron chi connectivity index (χ1n) is 9.38. The van der Waals surface area contributed by atoms with Gasteiger partial charge in [0.2, 0.25) is 0 Å². The topological polar surface area (TPSA) is 51.6 Å². The average molecular weight is 417 g/mol. The fourth-order valence-electron chi connectivity index (χ4n) is 3.03. The predicted octanol–water partition coefficient (Wildman–Crippen LogP) is 5.55. The van der Waals surface area contributed by atoms with Crippen LogP contribution in [0, 0.1) is 6.92 Å². The number of hydrogen-bond acceptors (Lipinski definition) is 4. The second-order valence-electron chi connectivity index (χ2n) is 6.81. The summed E-state index contributed by atoms with van der Waals surface area (Å²) >= 11 is 0. The standard InChI is InChI=1S/C23H22F3NO3/c1-16-21(28)19(14-29-12-17-8-4-2-5-9-17)20(22(27-16)23(24,25)26)15-30-13-18-10-6-3-7-11-18/h2-11,28H,12-15H2,1H3. The minimum absolute atomic E-state index is 0.0406. The van der Waals surface area contributed by atoms with Crippen LogP contribution in [0.25, 0.3) is 0 Å². The molecule has 0 amide bonds. The first-order chi connectivity index (χ1) is 14.4. The third-order valence-corrected chi connectivity index (χ3v) is 4.54. The first-order valence-corrected chi connectivity index (χ1v) is 9.38. The molecule has 7 heteroatoms. The van der Waals surface area contributed by atoms with Crippen LogP contribution in [-0.2, 0) is 42.1 Å². The van der Waals surface area contributed by atoms with Crippen molar-refractivity contribution in [3.05, 3.63) is 94.3 Å². The molecule has 0 aliphatic carbocycles. The largest absolute Gasteiger partial charge is 0.506 e. The molecule has 30 heavy (non-hydrogen) atoms. The molecule has 1 heterocycles. The molecular weight excluding hydrogens is 395 g/mol. The Balaban J connectivity index is 1.83. The quantitative estimate of drug-likeness (QED) is 0.522. The van der Waals surface area contributed by atoms with Crippen LogP contribution >= 0.6 is 0 Å². The number of halogens is 3. The molecule has 4 nitrogen and oxygen atoms in total. The van der Waals surface area contributed by atoms with Crippen LogP contribution in [0.1, 0.15) is 33.6 Å². The number of hydrogen-bond donors (Lipinski definition) is 1. The van der Waals surface area contributed by atoms with Gasteiger partial charge in [0.1, 0.15) is 5.75 Å². The minimum atomic E-state index is -4.68. The molecule has 1 aromatic heterocycles. The molecule has 3 aromatic rings. The molecule has 0 saturated carbocycles. The molecule has 1 N–H and O–H groups in total. The van der Waals surface area contributed by atoms with E-state index in [1.165, 1.54) is 6.92 Å². The zero-order valence-corrected chi connectivity index (χ0v) is 16.4. The summed E-state index contributed by atoms with van der Waals surface area (Å²) < 4.78 is 52.0. The average Bonchev–Trinajstić information content (AvgIpc) is 2.73. The molecule has 0 bridgehead atoms. The summed E-state index contributed by atoms with van der Waals surface area (Å²) in [6.07, 6.45) is -4.68. The van der Waals surface area contributed by atoms with Crippen LogP contribution in [0.2, 0.25) is 0 Å². The Morgan fingerprint density at radius 2 is 1.23 bits per heavy atom. The number of alkyl halides is 3. The molecule has 158 valence electrons. The van der Waals surface area contributed by atoms with Crippen molar-refractivity contribution in [2.45, 2.75) is 39.5 Å². The van der Waals surface area contributed by atoms with Crippen LogP contribution in [0.3, 0.4) is 0 Å². The number of aromatic hydroxyl groups is 1. The van der Waals surface area contributed by atoms with Crippen molar-refractivity contribution in [2.24, 2.45) is 0 Å². The third kappa shape index (κ3) is 5.58. The molecule has 3 rings (SSSR count). The molecule has 0 aliphatic heterocycles. The van der Waals surface area contributed by atoms with E-state index in [1.807, 2.05) is 60.7 Å². The summed E-state index contributed by atoms with van der Waals surface area (Å²) in [6, 6.07) is 18.4. The van der Waals surface area contributed by atoms with Gasteiger partial charge >= 0.3 is 6.18 Å². The van der Waals surface area contributed by atoms with Crippen molar-refractivity contribution in [3.8, 4) is 5.75 Å². The summed E-state index contributed by atoms with van der Waals surface area (Å²) in [6.45, 7) is 1.12. The lowest BCUT2D eigenvalue weighted by Gasteiger charge is -2.19. The maximum atomic E-state index is 13.6. The van der Waals surface area contributed by atoms with Gasteiger partial charge in [-0.1, -0.05) is 60.7 Å². The number of nitrogens with zero attached hydrogens (tertiary/aromatic N) is 1. The number of benzene rings is 2. The van der Waals surface area contributed by atoms with Crippen LogP contribution < -0.4 is 0 Å². The molecule has 2 aromatic carbocycles. The van der Waals surface area contributed by atoms with Gasteiger partial charge in [0.15, 0.2) is 5.69 Å². The van der Waals surface area contributed by atoms with Gasteiger partial charge in [-0.15, -0.1) is 0 Å². The Hall–Kier alpha value is -2.90. The van der Waals surface area contributed by atoms with E-state index in [9.17, 15) is 18.3 Å². The van der Waals surface area contributed by atoms with Gasteiger partial charge in [0.25, 0.3) is 0 Å². The zero-order chi connectivity index (χ0) is 21.6. The Labute approximate surface area is 172 Å². The normalized spacial score (nSPS) is 11.6. The fourth-order valence-corrected chi connectivity index (χ4v) is 3.03. The second-order valence-corrected chi connectivity index (χ2v) is 6.81. The van der Waals surface area contributed by atoms with Gasteiger partial charge in [0, 0.05) is 11.1 Å². The van der Waals surface area contributed by atoms with Crippen LogP contribution in [0.4, 0.5) is 13.2 Å². The molecule has 0 fully saturated rings. The third-order valence-electron chi connectivity index (χ3n) is 4.54. The lowest BCUT2D eigenvalue weighted by atomic mass is 10.0. The number of rotatable bonds is 8. The van der Waals surface area contributed by atoms with Gasteiger partial charge < -0.3 is 14.6 Å². The summed E-state index contributed by atoms with van der Waals surface area (Å²) in [5.74, 6) is -0.311. The SMILES string of the molecule is Cc1nc(C(F)(F)F)c(COCc2ccccc2)c(COCc2ccccc2)c1O. The predicted molar refractivity (Wildman–Crippen MR) is 106 cm³/mol. The van der Waals surface area contributed by atoms with Crippen molar-refractivity contribution >= 4 is 0 Å². The van der Waals surface area contributed by atoms with Gasteiger partial charge in [-0.2, -0.15) is 13.2 Å². The summed E-state index contributed by atoms with van der Waals surface area (Å²) in [7, 11) is 0. The fraction of sp³-hybridized carbons (Fsp3) is 0.261. The Morgan fingerprint density at radius 3 is 1.70 bits per heavy atom. The smallest absolute Gasteiger partial charge is 0.433 e. The summed E-state index contributed by atoms with van der Waals surface area (Å²) in [5.41, 5.74) is 0.364. The van der Waals surface area contributed by atoms with E-state index in [1.54, 1.807) is 0 Å². The van der Waals surface area contributed by atoms with E-state index < -0.39 is 11.9 Å². The molecule has 0 atom stereocenters. The summed E-state index contributed by atoms with van der Waals surface area (Å²) in [5, 5.41) is 10.4. The van der Waals surface area contributed by atoms with Crippen LogP contribution in [0.5, 0.6) is 5.75 Å². The molecule has 0 saturated heterocycles. The van der Waals surface area contributed by atoms with E-state index >= 15 is 0 Å². The van der Waals surface area contributed by atoms with Gasteiger partial charge in [-0.05, 0) is 18.1 Å². The monoisotopic (exact) mass is 417 g/mol. The minimum Gasteiger partial charge on any atom is -0.506 e. The van der Waals surface area contributed by atoms with E-state index in [0.717, 1.165) is 11.1 Å². The van der Waals surface area contributed by atoms with Gasteiger partial charge in [-0.3, -0.25) is 0 Å². The Bertz CT molecular complexity index is 961. The van der Waals surface area contributed by atoms with Crippen LogP contribution in [0.15, 0.2) is 60.7 Å². The van der Waals surface area contributed by atoms with Crippen molar-refractivity contribution in [1.82, 2.24) is 4.98 Å². The Kier molecular flexibility index (Phi) is 7.07. The number of aryl methyl sites for hydroxylation is 1. The van der Waals surface area contributed by atoms with Crippen molar-refractivity contribution in [1.29, 1.82) is 0 Å². The van der Waals surface area contributed by atoms with E-state index in [0.29, 0.717) is 0 Å². The Morgan fingerprint density at radius 1 is 0.767 bits per heavy atom. The van der Waals surface area contributed by atoms with Crippen LogP contribution in [-0.4, -0.2) is 10.1 Å². The first kappa shape index (κ1) is 21.8. The number of ether oxygens (including phenoxy) is 2. The van der Waals surface area contributed by atoms with E-state index in [4.69, 9.17) is 9.47 Å². The second kappa shape index (κ2) is 9.73. The molecule has 0 spiro atoms. The van der Waals surface area contributed by atoms with Crippen molar-refractivity contribution < 1.29 is 27.8 Å². The zero-order valence-electron chi connectivity index (χ0n) is 16.4. The lowest BCUT2D eigenvalue weighted by Crippen LogP contribution is -2.17. The van der Waals surface area contributed by atoms with Gasteiger partial charge in [-0.25, -0.2) is 4.98 Å². The molecule has 0 unspecified atom stereocenters. The van der Waals surface area contributed by atoms with Gasteiger partial charge in [0.05, 0.1) is 32.1 Å². The molecule has 0 aliphatic rings. The number of pyridine rings is 1. The van der Waals surface area contributed by atoms with Crippen molar-refractivity contribution in [2.75, 3.05) is 0 Å². The highest BCUT2D eigenvalue weighted by atomic mass is 19.4.